The topological polar surface area (TPSA) is 64.0 Å². The van der Waals surface area contributed by atoms with Gasteiger partial charge in [0.25, 0.3) is 5.91 Å². The SMILES string of the molecule is O=C(CO)N1CC2(CCN(CCO)CC2)c2ccccc21. The maximum atomic E-state index is 12.0. The van der Waals surface area contributed by atoms with Gasteiger partial charge in [-0.15, -0.1) is 0 Å². The van der Waals surface area contributed by atoms with Crippen molar-refractivity contribution in [1.82, 2.24) is 4.90 Å². The Morgan fingerprint density at radius 3 is 2.57 bits per heavy atom. The number of likely N-dealkylation sites (tertiary alicyclic amines) is 1. The van der Waals surface area contributed by atoms with Crippen LogP contribution < -0.4 is 4.90 Å². The zero-order valence-electron chi connectivity index (χ0n) is 12.2. The molecule has 114 valence electrons. The first kappa shape index (κ1) is 14.5. The van der Waals surface area contributed by atoms with Gasteiger partial charge in [0.2, 0.25) is 0 Å². The van der Waals surface area contributed by atoms with Gasteiger partial charge >= 0.3 is 0 Å². The average Bonchev–Trinajstić information content (AvgIpc) is 2.84. The minimum absolute atomic E-state index is 0.00732. The van der Waals surface area contributed by atoms with Crippen LogP contribution in [0.3, 0.4) is 0 Å². The summed E-state index contributed by atoms with van der Waals surface area (Å²) in [6.07, 6.45) is 1.97. The molecule has 2 aliphatic heterocycles. The second-order valence-electron chi connectivity index (χ2n) is 6.00. The number of piperidine rings is 1. The summed E-state index contributed by atoms with van der Waals surface area (Å²) >= 11 is 0. The van der Waals surface area contributed by atoms with Gasteiger partial charge in [-0.05, 0) is 37.6 Å². The lowest BCUT2D eigenvalue weighted by Gasteiger charge is -2.39. The summed E-state index contributed by atoms with van der Waals surface area (Å²) in [5, 5.41) is 18.2. The summed E-state index contributed by atoms with van der Waals surface area (Å²) in [6, 6.07) is 8.05. The second kappa shape index (κ2) is 5.75. The highest BCUT2D eigenvalue weighted by Crippen LogP contribution is 2.46. The van der Waals surface area contributed by atoms with Crippen LogP contribution in [0.5, 0.6) is 0 Å². The van der Waals surface area contributed by atoms with E-state index in [-0.39, 0.29) is 17.9 Å². The molecular formula is C16H22N2O3. The van der Waals surface area contributed by atoms with Gasteiger partial charge in [-0.3, -0.25) is 4.79 Å². The molecule has 1 spiro atoms. The smallest absolute Gasteiger partial charge is 0.252 e. The molecular weight excluding hydrogens is 268 g/mol. The van der Waals surface area contributed by atoms with E-state index >= 15 is 0 Å². The molecule has 0 radical (unpaired) electrons. The van der Waals surface area contributed by atoms with Crippen LogP contribution in [-0.4, -0.2) is 60.4 Å². The van der Waals surface area contributed by atoms with E-state index in [1.165, 1.54) is 5.56 Å². The van der Waals surface area contributed by atoms with Gasteiger partial charge in [-0.1, -0.05) is 18.2 Å². The lowest BCUT2D eigenvalue weighted by atomic mass is 9.74. The summed E-state index contributed by atoms with van der Waals surface area (Å²) < 4.78 is 0. The van der Waals surface area contributed by atoms with E-state index in [4.69, 9.17) is 5.11 Å². The average molecular weight is 290 g/mol. The summed E-state index contributed by atoms with van der Waals surface area (Å²) in [7, 11) is 0. The van der Waals surface area contributed by atoms with Crippen molar-refractivity contribution in [2.24, 2.45) is 0 Å². The first-order chi connectivity index (χ1) is 10.2. The fraction of sp³-hybridized carbons (Fsp3) is 0.562. The van der Waals surface area contributed by atoms with Crippen LogP contribution in [0.4, 0.5) is 5.69 Å². The maximum Gasteiger partial charge on any atom is 0.252 e. The van der Waals surface area contributed by atoms with Crippen LogP contribution in [0.2, 0.25) is 0 Å². The molecule has 1 fully saturated rings. The predicted molar refractivity (Wildman–Crippen MR) is 80.3 cm³/mol. The van der Waals surface area contributed by atoms with Gasteiger partial charge in [0.05, 0.1) is 6.61 Å². The number of anilines is 1. The number of hydrogen-bond acceptors (Lipinski definition) is 4. The maximum absolute atomic E-state index is 12.0. The number of fused-ring (bicyclic) bond motifs is 2. The van der Waals surface area contributed by atoms with Crippen LogP contribution >= 0.6 is 0 Å². The van der Waals surface area contributed by atoms with E-state index in [2.05, 4.69) is 11.0 Å². The van der Waals surface area contributed by atoms with Gasteiger partial charge in [0.15, 0.2) is 0 Å². The Morgan fingerprint density at radius 1 is 1.19 bits per heavy atom. The standard InChI is InChI=1S/C16H22N2O3/c19-10-9-17-7-5-16(6-8-17)12-18(15(21)11-20)14-4-2-1-3-13(14)16/h1-4,19-20H,5-12H2. The number of hydrogen-bond donors (Lipinski definition) is 2. The third-order valence-electron chi connectivity index (χ3n) is 4.89. The normalized spacial score (nSPS) is 20.8. The molecule has 0 saturated carbocycles. The number of nitrogens with zero attached hydrogens (tertiary/aromatic N) is 2. The van der Waals surface area contributed by atoms with E-state index in [0.717, 1.165) is 38.2 Å². The van der Waals surface area contributed by atoms with Crippen LogP contribution in [0.25, 0.3) is 0 Å². The van der Waals surface area contributed by atoms with E-state index in [9.17, 15) is 9.90 Å². The number of benzene rings is 1. The monoisotopic (exact) mass is 290 g/mol. The van der Waals surface area contributed by atoms with E-state index in [1.807, 2.05) is 18.2 Å². The summed E-state index contributed by atoms with van der Waals surface area (Å²) in [6.45, 7) is 3.02. The first-order valence-electron chi connectivity index (χ1n) is 7.54. The molecule has 2 aliphatic rings. The summed E-state index contributed by atoms with van der Waals surface area (Å²) in [4.78, 5) is 16.0. The third-order valence-corrected chi connectivity index (χ3v) is 4.89. The number of amides is 1. The highest BCUT2D eigenvalue weighted by atomic mass is 16.3. The Kier molecular flexibility index (Phi) is 3.97. The molecule has 1 saturated heterocycles. The molecule has 3 rings (SSSR count). The Balaban J connectivity index is 1.86. The number of β-amino-alcohol motifs (C(OH)–C–C–N with tert-alkyl or cyclic N) is 1. The zero-order chi connectivity index (χ0) is 14.9. The molecule has 21 heavy (non-hydrogen) atoms. The van der Waals surface area contributed by atoms with Crippen molar-refractivity contribution in [3.05, 3.63) is 29.8 Å². The lowest BCUT2D eigenvalue weighted by Crippen LogP contribution is -2.47. The van der Waals surface area contributed by atoms with Crippen molar-refractivity contribution >= 4 is 11.6 Å². The van der Waals surface area contributed by atoms with Gasteiger partial charge in [0.1, 0.15) is 6.61 Å². The molecule has 0 unspecified atom stereocenters. The molecule has 1 aromatic rings. The van der Waals surface area contributed by atoms with Gasteiger partial charge in [-0.25, -0.2) is 0 Å². The summed E-state index contributed by atoms with van der Waals surface area (Å²) in [5.41, 5.74) is 2.19. The zero-order valence-corrected chi connectivity index (χ0v) is 12.2. The molecule has 1 amide bonds. The fourth-order valence-electron chi connectivity index (χ4n) is 3.71. The highest BCUT2D eigenvalue weighted by molar-refractivity contribution is 5.97. The van der Waals surface area contributed by atoms with E-state index < -0.39 is 6.61 Å². The van der Waals surface area contributed by atoms with Crippen molar-refractivity contribution in [3.63, 3.8) is 0 Å². The number of para-hydroxylation sites is 1. The van der Waals surface area contributed by atoms with Gasteiger partial charge in [-0.2, -0.15) is 0 Å². The molecule has 0 atom stereocenters. The second-order valence-corrected chi connectivity index (χ2v) is 6.00. The van der Waals surface area contributed by atoms with Crippen LogP contribution in [-0.2, 0) is 10.2 Å². The van der Waals surface area contributed by atoms with Crippen LogP contribution in [0, 0.1) is 0 Å². The molecule has 5 heteroatoms. The van der Waals surface area contributed by atoms with Gasteiger partial charge in [0, 0.05) is 24.2 Å². The molecule has 5 nitrogen and oxygen atoms in total. The number of aliphatic hydroxyl groups is 2. The lowest BCUT2D eigenvalue weighted by molar-refractivity contribution is -0.121. The van der Waals surface area contributed by atoms with Gasteiger partial charge < -0.3 is 20.0 Å². The third kappa shape index (κ3) is 2.46. The minimum Gasteiger partial charge on any atom is -0.395 e. The fourth-order valence-corrected chi connectivity index (χ4v) is 3.71. The van der Waals surface area contributed by atoms with Crippen molar-refractivity contribution in [2.75, 3.05) is 44.3 Å². The van der Waals surface area contributed by atoms with Crippen molar-refractivity contribution in [1.29, 1.82) is 0 Å². The molecule has 2 N–H and O–H groups in total. The molecule has 0 aromatic heterocycles. The Labute approximate surface area is 124 Å². The van der Waals surface area contributed by atoms with E-state index in [0.29, 0.717) is 6.54 Å². The predicted octanol–water partition coefficient (Wildman–Crippen LogP) is 0.351. The van der Waals surface area contributed by atoms with Crippen molar-refractivity contribution < 1.29 is 15.0 Å². The van der Waals surface area contributed by atoms with Crippen molar-refractivity contribution in [2.45, 2.75) is 18.3 Å². The Bertz CT molecular complexity index is 524. The largest absolute Gasteiger partial charge is 0.395 e. The first-order valence-corrected chi connectivity index (χ1v) is 7.54. The van der Waals surface area contributed by atoms with E-state index in [1.54, 1.807) is 4.90 Å². The Morgan fingerprint density at radius 2 is 1.90 bits per heavy atom. The number of carbonyl (C=O) groups excluding carboxylic acids is 1. The molecule has 0 bridgehead atoms. The van der Waals surface area contributed by atoms with Crippen LogP contribution in [0.15, 0.2) is 24.3 Å². The van der Waals surface area contributed by atoms with Crippen molar-refractivity contribution in [3.8, 4) is 0 Å². The number of carbonyl (C=O) groups is 1. The molecule has 1 aromatic carbocycles. The quantitative estimate of drug-likeness (QED) is 0.843. The number of rotatable bonds is 3. The van der Waals surface area contributed by atoms with Crippen LogP contribution in [0.1, 0.15) is 18.4 Å². The number of aliphatic hydroxyl groups excluding tert-OH is 2. The Hall–Kier alpha value is -1.43. The minimum atomic E-state index is -0.443. The molecule has 2 heterocycles. The summed E-state index contributed by atoms with van der Waals surface area (Å²) in [5.74, 6) is -0.225. The molecule has 0 aliphatic carbocycles. The highest BCUT2D eigenvalue weighted by Gasteiger charge is 2.45.